The molecule has 0 bridgehead atoms. The normalized spacial score (nSPS) is 10.1. The van der Waals surface area contributed by atoms with Crippen molar-refractivity contribution in [3.8, 4) is 6.07 Å². The van der Waals surface area contributed by atoms with Crippen molar-refractivity contribution in [2.24, 2.45) is 0 Å². The summed E-state index contributed by atoms with van der Waals surface area (Å²) in [6, 6.07) is 7.89. The molecule has 0 aliphatic heterocycles. The van der Waals surface area contributed by atoms with Crippen LogP contribution in [0.3, 0.4) is 0 Å². The SMILES string of the molecule is CCc1ccsc1C(=O)N(CCC#N)Cc1cccnc1. The Hall–Kier alpha value is -2.19. The van der Waals surface area contributed by atoms with E-state index in [1.807, 2.05) is 30.5 Å². The Morgan fingerprint density at radius 3 is 3.00 bits per heavy atom. The highest BCUT2D eigenvalue weighted by molar-refractivity contribution is 7.12. The van der Waals surface area contributed by atoms with Crippen molar-refractivity contribution in [3.05, 3.63) is 52.0 Å². The van der Waals surface area contributed by atoms with Gasteiger partial charge in [0.2, 0.25) is 0 Å². The van der Waals surface area contributed by atoms with Gasteiger partial charge in [-0.05, 0) is 35.1 Å². The number of carbonyl (C=O) groups is 1. The lowest BCUT2D eigenvalue weighted by Gasteiger charge is -2.21. The number of thiophene rings is 1. The predicted molar refractivity (Wildman–Crippen MR) is 82.9 cm³/mol. The number of hydrogen-bond acceptors (Lipinski definition) is 4. The molecule has 2 aromatic rings. The van der Waals surface area contributed by atoms with Gasteiger partial charge in [0.05, 0.1) is 17.4 Å². The van der Waals surface area contributed by atoms with Crippen LogP contribution in [0.4, 0.5) is 0 Å². The van der Waals surface area contributed by atoms with Crippen LogP contribution in [0.25, 0.3) is 0 Å². The monoisotopic (exact) mass is 299 g/mol. The summed E-state index contributed by atoms with van der Waals surface area (Å²) >= 11 is 1.46. The summed E-state index contributed by atoms with van der Waals surface area (Å²) in [7, 11) is 0. The predicted octanol–water partition coefficient (Wildman–Crippen LogP) is 3.26. The second kappa shape index (κ2) is 7.55. The molecule has 2 aromatic heterocycles. The number of carbonyl (C=O) groups excluding carboxylic acids is 1. The molecule has 0 saturated heterocycles. The molecule has 0 saturated carbocycles. The Bertz CT molecular complexity index is 630. The molecule has 0 aromatic carbocycles. The molecular formula is C16H17N3OS. The summed E-state index contributed by atoms with van der Waals surface area (Å²) in [5.41, 5.74) is 2.04. The van der Waals surface area contributed by atoms with Gasteiger partial charge in [-0.2, -0.15) is 5.26 Å². The summed E-state index contributed by atoms with van der Waals surface area (Å²) in [5.74, 6) is 0.000882. The Kier molecular flexibility index (Phi) is 5.47. The molecule has 0 atom stereocenters. The van der Waals surface area contributed by atoms with Gasteiger partial charge in [0.25, 0.3) is 5.91 Å². The van der Waals surface area contributed by atoms with Crippen molar-refractivity contribution in [2.45, 2.75) is 26.3 Å². The lowest BCUT2D eigenvalue weighted by molar-refractivity contribution is 0.0750. The Labute approximate surface area is 128 Å². The van der Waals surface area contributed by atoms with Gasteiger partial charge in [-0.25, -0.2) is 0 Å². The van der Waals surface area contributed by atoms with Crippen molar-refractivity contribution in [2.75, 3.05) is 6.54 Å². The van der Waals surface area contributed by atoms with E-state index in [0.29, 0.717) is 19.5 Å². The second-order valence-corrected chi connectivity index (χ2v) is 5.54. The third kappa shape index (κ3) is 3.89. The number of amides is 1. The molecule has 0 fully saturated rings. The number of hydrogen-bond donors (Lipinski definition) is 0. The summed E-state index contributed by atoms with van der Waals surface area (Å²) in [4.78, 5) is 19.3. The second-order valence-electron chi connectivity index (χ2n) is 4.62. The number of nitriles is 1. The van der Waals surface area contributed by atoms with Crippen molar-refractivity contribution >= 4 is 17.2 Å². The van der Waals surface area contributed by atoms with Crippen LogP contribution in [0.2, 0.25) is 0 Å². The van der Waals surface area contributed by atoms with Gasteiger partial charge in [-0.3, -0.25) is 9.78 Å². The number of nitrogens with zero attached hydrogens (tertiary/aromatic N) is 3. The molecule has 5 heteroatoms. The van der Waals surface area contributed by atoms with E-state index in [9.17, 15) is 4.79 Å². The minimum Gasteiger partial charge on any atom is -0.333 e. The fraction of sp³-hybridized carbons (Fsp3) is 0.312. The lowest BCUT2D eigenvalue weighted by atomic mass is 10.2. The van der Waals surface area contributed by atoms with E-state index in [1.165, 1.54) is 11.3 Å². The van der Waals surface area contributed by atoms with Gasteiger partial charge in [-0.15, -0.1) is 11.3 Å². The fourth-order valence-electron chi connectivity index (χ4n) is 2.09. The quantitative estimate of drug-likeness (QED) is 0.822. The van der Waals surface area contributed by atoms with Gasteiger partial charge in [0.15, 0.2) is 0 Å². The molecule has 4 nitrogen and oxygen atoms in total. The Morgan fingerprint density at radius 2 is 2.33 bits per heavy atom. The van der Waals surface area contributed by atoms with E-state index < -0.39 is 0 Å². The van der Waals surface area contributed by atoms with Crippen LogP contribution in [-0.2, 0) is 13.0 Å². The third-order valence-corrected chi connectivity index (χ3v) is 4.14. The molecular weight excluding hydrogens is 282 g/mol. The molecule has 2 heterocycles. The van der Waals surface area contributed by atoms with E-state index in [2.05, 4.69) is 11.1 Å². The van der Waals surface area contributed by atoms with Crippen LogP contribution in [0.1, 0.15) is 34.1 Å². The van der Waals surface area contributed by atoms with Crippen LogP contribution in [0, 0.1) is 11.3 Å². The van der Waals surface area contributed by atoms with Gasteiger partial charge in [-0.1, -0.05) is 13.0 Å². The zero-order valence-electron chi connectivity index (χ0n) is 12.0. The first-order valence-corrected chi connectivity index (χ1v) is 7.75. The summed E-state index contributed by atoms with van der Waals surface area (Å²) in [6.07, 6.45) is 4.63. The average Bonchev–Trinajstić information content (AvgIpc) is 3.00. The lowest BCUT2D eigenvalue weighted by Crippen LogP contribution is -2.31. The Balaban J connectivity index is 2.19. The first-order valence-electron chi connectivity index (χ1n) is 6.87. The smallest absolute Gasteiger partial charge is 0.264 e. The van der Waals surface area contributed by atoms with E-state index in [4.69, 9.17) is 5.26 Å². The molecule has 0 N–H and O–H groups in total. The summed E-state index contributed by atoms with van der Waals surface area (Å²) < 4.78 is 0. The molecule has 2 rings (SSSR count). The van der Waals surface area contributed by atoms with Crippen LogP contribution in [0.5, 0.6) is 0 Å². The average molecular weight is 299 g/mol. The molecule has 0 spiro atoms. The summed E-state index contributed by atoms with van der Waals surface area (Å²) in [6.45, 7) is 2.96. The van der Waals surface area contributed by atoms with Crippen LogP contribution >= 0.6 is 11.3 Å². The van der Waals surface area contributed by atoms with Gasteiger partial charge < -0.3 is 4.90 Å². The van der Waals surface area contributed by atoms with E-state index in [1.54, 1.807) is 17.3 Å². The summed E-state index contributed by atoms with van der Waals surface area (Å²) in [5, 5.41) is 10.7. The highest BCUT2D eigenvalue weighted by Crippen LogP contribution is 2.20. The highest BCUT2D eigenvalue weighted by atomic mass is 32.1. The standard InChI is InChI=1S/C16H17N3OS/c1-2-14-6-10-21-15(14)16(20)19(9-4-7-17)12-13-5-3-8-18-11-13/h3,5-6,8,10-11H,2,4,9,12H2,1H3. The number of pyridine rings is 1. The van der Waals surface area contributed by atoms with Crippen molar-refractivity contribution in [3.63, 3.8) is 0 Å². The zero-order valence-corrected chi connectivity index (χ0v) is 12.8. The van der Waals surface area contributed by atoms with Crippen LogP contribution < -0.4 is 0 Å². The zero-order chi connectivity index (χ0) is 15.1. The highest BCUT2D eigenvalue weighted by Gasteiger charge is 2.19. The maximum absolute atomic E-state index is 12.7. The van der Waals surface area contributed by atoms with Crippen molar-refractivity contribution < 1.29 is 4.79 Å². The molecule has 21 heavy (non-hydrogen) atoms. The minimum atomic E-state index is 0.000882. The Morgan fingerprint density at radius 1 is 1.48 bits per heavy atom. The van der Waals surface area contributed by atoms with E-state index in [0.717, 1.165) is 22.4 Å². The van der Waals surface area contributed by atoms with Crippen molar-refractivity contribution in [1.82, 2.24) is 9.88 Å². The molecule has 1 amide bonds. The van der Waals surface area contributed by atoms with Crippen LogP contribution in [0.15, 0.2) is 36.0 Å². The molecule has 0 aliphatic rings. The fourth-order valence-corrected chi connectivity index (χ4v) is 3.06. The minimum absolute atomic E-state index is 0.000882. The largest absolute Gasteiger partial charge is 0.333 e. The maximum Gasteiger partial charge on any atom is 0.264 e. The van der Waals surface area contributed by atoms with Gasteiger partial charge >= 0.3 is 0 Å². The third-order valence-electron chi connectivity index (χ3n) is 3.20. The number of rotatable bonds is 6. The molecule has 108 valence electrons. The molecule has 0 radical (unpaired) electrons. The van der Waals surface area contributed by atoms with Gasteiger partial charge in [0.1, 0.15) is 0 Å². The molecule has 0 aliphatic carbocycles. The number of aromatic nitrogens is 1. The maximum atomic E-state index is 12.7. The van der Waals surface area contributed by atoms with Crippen LogP contribution in [-0.4, -0.2) is 22.3 Å². The molecule has 0 unspecified atom stereocenters. The first kappa shape index (κ1) is 15.2. The first-order chi connectivity index (χ1) is 10.3. The number of aryl methyl sites for hydroxylation is 1. The van der Waals surface area contributed by atoms with Crippen molar-refractivity contribution in [1.29, 1.82) is 5.26 Å². The van der Waals surface area contributed by atoms with E-state index in [-0.39, 0.29) is 5.91 Å². The van der Waals surface area contributed by atoms with E-state index >= 15 is 0 Å². The van der Waals surface area contributed by atoms with Gasteiger partial charge in [0, 0.05) is 25.5 Å². The topological polar surface area (TPSA) is 57.0 Å².